The van der Waals surface area contributed by atoms with Crippen LogP contribution in [0.3, 0.4) is 0 Å². The summed E-state index contributed by atoms with van der Waals surface area (Å²) in [6.45, 7) is 2.56. The number of aromatic nitrogens is 2. The van der Waals surface area contributed by atoms with Gasteiger partial charge in [0.1, 0.15) is 5.82 Å². The molecule has 2 aromatic rings. The third kappa shape index (κ3) is 5.90. The molecule has 1 N–H and O–H groups in total. The van der Waals surface area contributed by atoms with Gasteiger partial charge < -0.3 is 14.8 Å². The minimum atomic E-state index is -0.666. The zero-order valence-corrected chi connectivity index (χ0v) is 17.6. The van der Waals surface area contributed by atoms with E-state index in [1.54, 1.807) is 17.6 Å². The molecule has 0 radical (unpaired) electrons. The molecule has 3 rings (SSSR count). The summed E-state index contributed by atoms with van der Waals surface area (Å²) >= 11 is 0. The summed E-state index contributed by atoms with van der Waals surface area (Å²) in [7, 11) is 0. The van der Waals surface area contributed by atoms with E-state index in [9.17, 15) is 19.2 Å². The highest BCUT2D eigenvalue weighted by Crippen LogP contribution is 2.16. The number of benzene rings is 1. The average Bonchev–Trinajstić information content (AvgIpc) is 3.00. The zero-order valence-electron chi connectivity index (χ0n) is 17.6. The van der Waals surface area contributed by atoms with E-state index in [-0.39, 0.29) is 30.1 Å². The van der Waals surface area contributed by atoms with Gasteiger partial charge in [-0.05, 0) is 44.4 Å². The number of amides is 1. The summed E-state index contributed by atoms with van der Waals surface area (Å²) in [6.07, 6.45) is 4.37. The molecule has 9 nitrogen and oxygen atoms in total. The largest absolute Gasteiger partial charge is 0.466 e. The molecule has 0 fully saturated rings. The molecule has 1 aromatic heterocycles. The van der Waals surface area contributed by atoms with E-state index in [2.05, 4.69) is 10.3 Å². The van der Waals surface area contributed by atoms with Crippen LogP contribution in [-0.4, -0.2) is 47.2 Å². The number of hydrogen-bond donors (Lipinski definition) is 1. The number of esters is 2. The van der Waals surface area contributed by atoms with Crippen LogP contribution in [-0.2, 0) is 32.0 Å². The molecule has 0 unspecified atom stereocenters. The Morgan fingerprint density at radius 1 is 1.16 bits per heavy atom. The van der Waals surface area contributed by atoms with Gasteiger partial charge in [0.05, 0.1) is 23.1 Å². The highest BCUT2D eigenvalue weighted by molar-refractivity contribution is 5.95. The summed E-state index contributed by atoms with van der Waals surface area (Å²) in [5.74, 6) is -0.701. The number of fused-ring (bicyclic) bond motifs is 2. The second-order valence-electron chi connectivity index (χ2n) is 7.36. The number of nitrogens with zero attached hydrogens (tertiary/aromatic N) is 2. The van der Waals surface area contributed by atoms with Crippen LogP contribution in [0.25, 0.3) is 10.9 Å². The Morgan fingerprint density at radius 2 is 2.00 bits per heavy atom. The van der Waals surface area contributed by atoms with Crippen LogP contribution in [0.5, 0.6) is 0 Å². The van der Waals surface area contributed by atoms with Crippen molar-refractivity contribution in [2.75, 3.05) is 19.8 Å². The lowest BCUT2D eigenvalue weighted by atomic mass is 10.1. The standard InChI is InChI=1S/C22H27N3O6/c1-2-30-20(27)8-6-11-23-19(26)14-31-22(29)15-9-10-16-17(13-15)24-18-7-4-3-5-12-25(18)21(16)28/h9-10,13H,2-8,11-12,14H2,1H3,(H,23,26). The molecule has 1 aromatic carbocycles. The summed E-state index contributed by atoms with van der Waals surface area (Å²) in [5.41, 5.74) is 0.591. The summed E-state index contributed by atoms with van der Waals surface area (Å²) < 4.78 is 11.6. The van der Waals surface area contributed by atoms with Gasteiger partial charge in [0.2, 0.25) is 0 Å². The Bertz CT molecular complexity index is 1030. The van der Waals surface area contributed by atoms with E-state index in [0.717, 1.165) is 31.5 Å². The molecule has 0 aliphatic carbocycles. The van der Waals surface area contributed by atoms with Crippen LogP contribution in [0.1, 0.15) is 55.2 Å². The first-order chi connectivity index (χ1) is 15.0. The molecule has 0 bridgehead atoms. The van der Waals surface area contributed by atoms with E-state index >= 15 is 0 Å². The summed E-state index contributed by atoms with van der Waals surface area (Å²) in [5, 5.41) is 3.04. The highest BCUT2D eigenvalue weighted by Gasteiger charge is 2.16. The molecule has 9 heteroatoms. The lowest BCUT2D eigenvalue weighted by molar-refractivity contribution is -0.143. The fourth-order valence-electron chi connectivity index (χ4n) is 3.50. The fourth-order valence-corrected chi connectivity index (χ4v) is 3.50. The van der Waals surface area contributed by atoms with Crippen molar-refractivity contribution in [3.05, 3.63) is 39.9 Å². The SMILES string of the molecule is CCOC(=O)CCCNC(=O)COC(=O)c1ccc2c(=O)n3c(nc2c1)CCCCC3. The average molecular weight is 429 g/mol. The quantitative estimate of drug-likeness (QED) is 0.502. The highest BCUT2D eigenvalue weighted by atomic mass is 16.5. The van der Waals surface area contributed by atoms with E-state index in [4.69, 9.17) is 9.47 Å². The molecule has 0 saturated heterocycles. The van der Waals surface area contributed by atoms with Crippen molar-refractivity contribution in [1.29, 1.82) is 0 Å². The number of aryl methyl sites for hydroxylation is 1. The lowest BCUT2D eigenvalue weighted by Crippen LogP contribution is -2.30. The van der Waals surface area contributed by atoms with Crippen LogP contribution < -0.4 is 10.9 Å². The smallest absolute Gasteiger partial charge is 0.338 e. The van der Waals surface area contributed by atoms with Gasteiger partial charge >= 0.3 is 11.9 Å². The Hall–Kier alpha value is -3.23. The van der Waals surface area contributed by atoms with E-state index in [1.165, 1.54) is 12.1 Å². The molecule has 2 heterocycles. The van der Waals surface area contributed by atoms with Crippen LogP contribution in [0.4, 0.5) is 0 Å². The number of nitrogens with one attached hydrogen (secondary N) is 1. The van der Waals surface area contributed by atoms with Crippen molar-refractivity contribution in [3.63, 3.8) is 0 Å². The first-order valence-electron chi connectivity index (χ1n) is 10.6. The number of rotatable bonds is 8. The second-order valence-corrected chi connectivity index (χ2v) is 7.36. The maximum atomic E-state index is 12.8. The molecule has 1 amide bonds. The minimum Gasteiger partial charge on any atom is -0.466 e. The second kappa shape index (κ2) is 10.7. The zero-order chi connectivity index (χ0) is 22.2. The monoisotopic (exact) mass is 429 g/mol. The van der Waals surface area contributed by atoms with Gasteiger partial charge in [-0.2, -0.15) is 0 Å². The van der Waals surface area contributed by atoms with Gasteiger partial charge in [0.25, 0.3) is 11.5 Å². The number of carbonyl (C=O) groups excluding carboxylic acids is 3. The number of carbonyl (C=O) groups is 3. The lowest BCUT2D eigenvalue weighted by Gasteiger charge is -2.11. The molecular formula is C22H27N3O6. The third-order valence-corrected chi connectivity index (χ3v) is 5.07. The number of ether oxygens (including phenoxy) is 2. The Morgan fingerprint density at radius 3 is 2.81 bits per heavy atom. The molecule has 166 valence electrons. The van der Waals surface area contributed by atoms with Crippen molar-refractivity contribution >= 4 is 28.7 Å². The van der Waals surface area contributed by atoms with Gasteiger partial charge in [-0.3, -0.25) is 19.0 Å². The van der Waals surface area contributed by atoms with E-state index in [1.807, 2.05) is 0 Å². The first kappa shape index (κ1) is 22.5. The molecule has 1 aliphatic rings. The van der Waals surface area contributed by atoms with Crippen LogP contribution in [0.2, 0.25) is 0 Å². The Kier molecular flexibility index (Phi) is 7.75. The molecule has 31 heavy (non-hydrogen) atoms. The molecule has 0 saturated carbocycles. The summed E-state index contributed by atoms with van der Waals surface area (Å²) in [4.78, 5) is 52.8. The predicted molar refractivity (Wildman–Crippen MR) is 113 cm³/mol. The van der Waals surface area contributed by atoms with Crippen molar-refractivity contribution in [2.45, 2.75) is 52.0 Å². The van der Waals surface area contributed by atoms with Crippen molar-refractivity contribution in [2.24, 2.45) is 0 Å². The molecule has 1 aliphatic heterocycles. The van der Waals surface area contributed by atoms with Gasteiger partial charge in [-0.15, -0.1) is 0 Å². The maximum absolute atomic E-state index is 12.8. The van der Waals surface area contributed by atoms with Crippen molar-refractivity contribution in [1.82, 2.24) is 14.9 Å². The summed E-state index contributed by atoms with van der Waals surface area (Å²) in [6, 6.07) is 4.62. The first-order valence-corrected chi connectivity index (χ1v) is 10.6. The maximum Gasteiger partial charge on any atom is 0.338 e. The molecular weight excluding hydrogens is 402 g/mol. The minimum absolute atomic E-state index is 0.0935. The number of hydrogen-bond acceptors (Lipinski definition) is 7. The third-order valence-electron chi connectivity index (χ3n) is 5.07. The Labute approximate surface area is 179 Å². The van der Waals surface area contributed by atoms with E-state index in [0.29, 0.717) is 30.5 Å². The van der Waals surface area contributed by atoms with Gasteiger partial charge in [-0.25, -0.2) is 9.78 Å². The van der Waals surface area contributed by atoms with Crippen LogP contribution in [0, 0.1) is 0 Å². The van der Waals surface area contributed by atoms with Crippen molar-refractivity contribution < 1.29 is 23.9 Å². The van der Waals surface area contributed by atoms with Crippen LogP contribution in [0.15, 0.2) is 23.0 Å². The van der Waals surface area contributed by atoms with Gasteiger partial charge in [0, 0.05) is 25.9 Å². The predicted octanol–water partition coefficient (Wildman–Crippen LogP) is 1.74. The van der Waals surface area contributed by atoms with Crippen molar-refractivity contribution in [3.8, 4) is 0 Å². The topological polar surface area (TPSA) is 117 Å². The van der Waals surface area contributed by atoms with Gasteiger partial charge in [0.15, 0.2) is 6.61 Å². The normalized spacial score (nSPS) is 13.2. The Balaban J connectivity index is 1.57. The van der Waals surface area contributed by atoms with Gasteiger partial charge in [-0.1, -0.05) is 6.42 Å². The molecule has 0 atom stereocenters. The fraction of sp³-hybridized carbons (Fsp3) is 0.500. The van der Waals surface area contributed by atoms with E-state index < -0.39 is 18.5 Å². The van der Waals surface area contributed by atoms with Crippen LogP contribution >= 0.6 is 0 Å². The molecule has 0 spiro atoms.